The van der Waals surface area contributed by atoms with Crippen molar-refractivity contribution in [2.45, 2.75) is 0 Å². The van der Waals surface area contributed by atoms with Crippen LogP contribution in [0.2, 0.25) is 10.0 Å². The molecular weight excluding hydrogens is 421 g/mol. The predicted molar refractivity (Wildman–Crippen MR) is 109 cm³/mol. The zero-order valence-corrected chi connectivity index (χ0v) is 17.5. The lowest BCUT2D eigenvalue weighted by molar-refractivity contribution is -0.123. The van der Waals surface area contributed by atoms with Crippen LogP contribution in [-0.4, -0.2) is 61.8 Å². The van der Waals surface area contributed by atoms with E-state index in [-0.39, 0.29) is 37.6 Å². The van der Waals surface area contributed by atoms with Gasteiger partial charge in [-0.15, -0.1) is 0 Å². The molecule has 29 heavy (non-hydrogen) atoms. The smallest absolute Gasteiger partial charge is 0.323 e. The number of rotatable bonds is 9. The molecule has 0 fully saturated rings. The van der Waals surface area contributed by atoms with Gasteiger partial charge in [-0.2, -0.15) is 20.2 Å². The van der Waals surface area contributed by atoms with E-state index in [1.807, 2.05) is 6.19 Å². The quantitative estimate of drug-likeness (QED) is 0.354. The Morgan fingerprint density at radius 2 is 1.90 bits per heavy atom. The van der Waals surface area contributed by atoms with Crippen LogP contribution >= 0.6 is 23.2 Å². The monoisotopic (exact) mass is 439 g/mol. The molecule has 2 aromatic rings. The first-order chi connectivity index (χ1) is 13.8. The molecule has 0 aliphatic carbocycles. The fourth-order valence-corrected chi connectivity index (χ4v) is 2.38. The molecule has 0 saturated carbocycles. The number of nitrogens with one attached hydrogen (secondary N) is 1. The average Bonchev–Trinajstić information content (AvgIpc) is 2.69. The van der Waals surface area contributed by atoms with E-state index in [9.17, 15) is 4.79 Å². The number of hydrogen-bond donors (Lipinski definition) is 1. The van der Waals surface area contributed by atoms with Crippen molar-refractivity contribution >= 4 is 41.0 Å². The topological polar surface area (TPSA) is 116 Å². The van der Waals surface area contributed by atoms with Gasteiger partial charge in [0.15, 0.2) is 12.8 Å². The first kappa shape index (κ1) is 22.3. The van der Waals surface area contributed by atoms with Crippen LogP contribution in [0.4, 0.5) is 11.9 Å². The van der Waals surface area contributed by atoms with Crippen molar-refractivity contribution in [2.75, 3.05) is 50.7 Å². The Labute approximate surface area is 178 Å². The molecule has 0 bridgehead atoms. The molecule has 0 aliphatic heterocycles. The number of aromatic nitrogens is 3. The van der Waals surface area contributed by atoms with E-state index >= 15 is 0 Å². The third kappa shape index (κ3) is 6.81. The number of benzene rings is 1. The summed E-state index contributed by atoms with van der Waals surface area (Å²) in [6, 6.07) is 4.77. The highest BCUT2D eigenvalue weighted by molar-refractivity contribution is 6.35. The second kappa shape index (κ2) is 10.5. The Morgan fingerprint density at radius 3 is 2.55 bits per heavy atom. The molecule has 10 nitrogen and oxygen atoms in total. The van der Waals surface area contributed by atoms with E-state index in [1.165, 1.54) is 18.0 Å². The Hall–Kier alpha value is -3.03. The highest BCUT2D eigenvalue weighted by Gasteiger charge is 2.12. The van der Waals surface area contributed by atoms with E-state index in [4.69, 9.17) is 37.9 Å². The number of nitriles is 1. The molecule has 2 rings (SSSR count). The van der Waals surface area contributed by atoms with Gasteiger partial charge in [-0.25, -0.2) is 4.90 Å². The minimum Gasteiger partial charge on any atom is -0.482 e. The van der Waals surface area contributed by atoms with E-state index in [0.717, 1.165) is 0 Å². The second-order valence-electron chi connectivity index (χ2n) is 5.83. The molecule has 1 N–H and O–H groups in total. The van der Waals surface area contributed by atoms with Crippen LogP contribution in [0, 0.1) is 11.5 Å². The fraction of sp³-hybridized carbons (Fsp3) is 0.353. The number of halogens is 2. The third-order valence-electron chi connectivity index (χ3n) is 3.35. The summed E-state index contributed by atoms with van der Waals surface area (Å²) in [5, 5.41) is 12.4. The van der Waals surface area contributed by atoms with Crippen molar-refractivity contribution < 1.29 is 14.3 Å². The molecule has 1 aromatic heterocycles. The minimum atomic E-state index is -0.353. The van der Waals surface area contributed by atoms with Crippen molar-refractivity contribution in [2.24, 2.45) is 0 Å². The summed E-state index contributed by atoms with van der Waals surface area (Å²) >= 11 is 11.8. The molecule has 1 heterocycles. The number of nitrogens with zero attached hydrogens (tertiary/aromatic N) is 6. The second-order valence-corrected chi connectivity index (χ2v) is 6.68. The molecule has 154 valence electrons. The fourth-order valence-electron chi connectivity index (χ4n) is 1.91. The number of carbonyl (C=O) groups excluding carboxylic acids is 1. The number of hydrogen-bond acceptors (Lipinski definition) is 9. The van der Waals surface area contributed by atoms with Crippen LogP contribution in [0.5, 0.6) is 11.8 Å². The summed E-state index contributed by atoms with van der Waals surface area (Å²) in [4.78, 5) is 27.1. The summed E-state index contributed by atoms with van der Waals surface area (Å²) in [5.41, 5.74) is 0. The Morgan fingerprint density at radius 1 is 1.17 bits per heavy atom. The van der Waals surface area contributed by atoms with Crippen LogP contribution in [0.15, 0.2) is 18.2 Å². The molecule has 0 saturated heterocycles. The third-order valence-corrected chi connectivity index (χ3v) is 3.88. The number of ether oxygens (including phenoxy) is 2. The van der Waals surface area contributed by atoms with Gasteiger partial charge in [-0.05, 0) is 18.2 Å². The van der Waals surface area contributed by atoms with Crippen molar-refractivity contribution in [1.29, 1.82) is 5.26 Å². The molecule has 0 spiro atoms. The lowest BCUT2D eigenvalue weighted by Gasteiger charge is -2.15. The van der Waals surface area contributed by atoms with Gasteiger partial charge in [-0.3, -0.25) is 4.79 Å². The SMILES string of the molecule is CN(C)c1nc(OCCNC(=O)COc2ccc(Cl)cc2Cl)nc(N(C)C#N)n1. The highest BCUT2D eigenvalue weighted by Crippen LogP contribution is 2.27. The lowest BCUT2D eigenvalue weighted by Crippen LogP contribution is -2.32. The summed E-state index contributed by atoms with van der Waals surface area (Å²) < 4.78 is 10.8. The van der Waals surface area contributed by atoms with Gasteiger partial charge in [-0.1, -0.05) is 23.2 Å². The molecule has 0 radical (unpaired) electrons. The average molecular weight is 440 g/mol. The summed E-state index contributed by atoms with van der Waals surface area (Å²) in [5.74, 6) is 0.495. The summed E-state index contributed by atoms with van der Waals surface area (Å²) in [6.45, 7) is 0.0952. The Balaban J connectivity index is 1.83. The van der Waals surface area contributed by atoms with Gasteiger partial charge in [0.05, 0.1) is 11.6 Å². The Kier molecular flexibility index (Phi) is 8.06. The van der Waals surface area contributed by atoms with Crippen molar-refractivity contribution in [1.82, 2.24) is 20.3 Å². The van der Waals surface area contributed by atoms with E-state index < -0.39 is 0 Å². The molecule has 1 aromatic carbocycles. The largest absolute Gasteiger partial charge is 0.482 e. The maximum Gasteiger partial charge on any atom is 0.323 e. The van der Waals surface area contributed by atoms with E-state index in [0.29, 0.717) is 21.7 Å². The van der Waals surface area contributed by atoms with Gasteiger partial charge in [0.2, 0.25) is 11.9 Å². The highest BCUT2D eigenvalue weighted by atomic mass is 35.5. The molecule has 1 amide bonds. The lowest BCUT2D eigenvalue weighted by atomic mass is 10.3. The molecule has 0 atom stereocenters. The molecule has 0 unspecified atom stereocenters. The standard InChI is InChI=1S/C17H19Cl2N7O3/c1-25(2)15-22-16(26(3)10-20)24-17(23-15)28-7-6-21-14(27)9-29-13-5-4-11(18)8-12(13)19/h4-5,8H,6-7,9H2,1-3H3,(H,21,27). The van der Waals surface area contributed by atoms with Crippen LogP contribution < -0.4 is 24.6 Å². The first-order valence-electron chi connectivity index (χ1n) is 8.34. The van der Waals surface area contributed by atoms with Crippen molar-refractivity contribution in [3.05, 3.63) is 28.2 Å². The zero-order chi connectivity index (χ0) is 21.4. The number of carbonyl (C=O) groups is 1. The maximum atomic E-state index is 11.9. The molecule has 12 heteroatoms. The van der Waals surface area contributed by atoms with Crippen LogP contribution in [0.25, 0.3) is 0 Å². The van der Waals surface area contributed by atoms with Gasteiger partial charge >= 0.3 is 6.01 Å². The van der Waals surface area contributed by atoms with Gasteiger partial charge in [0.25, 0.3) is 5.91 Å². The van der Waals surface area contributed by atoms with Gasteiger partial charge < -0.3 is 19.7 Å². The van der Waals surface area contributed by atoms with Crippen LogP contribution in [0.1, 0.15) is 0 Å². The van der Waals surface area contributed by atoms with Crippen LogP contribution in [-0.2, 0) is 4.79 Å². The van der Waals surface area contributed by atoms with Gasteiger partial charge in [0.1, 0.15) is 12.4 Å². The zero-order valence-electron chi connectivity index (χ0n) is 16.0. The molecular formula is C17H19Cl2N7O3. The van der Waals surface area contributed by atoms with Gasteiger partial charge in [0, 0.05) is 26.2 Å². The van der Waals surface area contributed by atoms with Crippen LogP contribution in [0.3, 0.4) is 0 Å². The number of anilines is 2. The summed E-state index contributed by atoms with van der Waals surface area (Å²) in [7, 11) is 5.02. The first-order valence-corrected chi connectivity index (χ1v) is 9.10. The summed E-state index contributed by atoms with van der Waals surface area (Å²) in [6.07, 6.45) is 1.91. The normalized spacial score (nSPS) is 10.1. The number of amides is 1. The van der Waals surface area contributed by atoms with E-state index in [2.05, 4.69) is 20.3 Å². The van der Waals surface area contributed by atoms with E-state index in [1.54, 1.807) is 31.1 Å². The minimum absolute atomic E-state index is 0.0410. The molecule has 0 aliphatic rings. The van der Waals surface area contributed by atoms with Crippen molar-refractivity contribution in [3.63, 3.8) is 0 Å². The Bertz CT molecular complexity index is 905. The predicted octanol–water partition coefficient (Wildman–Crippen LogP) is 1.74. The maximum absolute atomic E-state index is 11.9. The van der Waals surface area contributed by atoms with Crippen molar-refractivity contribution in [3.8, 4) is 18.0 Å².